The number of hydrogen-bond donors (Lipinski definition) is 1. The SMILES string of the molecule is COc1cc(OC)c(C[NH+]2CCN(c3cc(C)ccc3C)CC2)cc1Br. The highest BCUT2D eigenvalue weighted by Crippen LogP contribution is 2.32. The predicted molar refractivity (Wildman–Crippen MR) is 110 cm³/mol. The molecule has 0 aliphatic carbocycles. The van der Waals surface area contributed by atoms with Crippen LogP contribution >= 0.6 is 15.9 Å². The van der Waals surface area contributed by atoms with Crippen LogP contribution in [0.3, 0.4) is 0 Å². The van der Waals surface area contributed by atoms with Crippen molar-refractivity contribution in [1.82, 2.24) is 0 Å². The number of piperazine rings is 1. The lowest BCUT2D eigenvalue weighted by molar-refractivity contribution is -0.914. The number of ether oxygens (including phenoxy) is 2. The van der Waals surface area contributed by atoms with Crippen molar-refractivity contribution in [3.63, 3.8) is 0 Å². The largest absolute Gasteiger partial charge is 0.496 e. The Labute approximate surface area is 164 Å². The van der Waals surface area contributed by atoms with Crippen LogP contribution in [-0.4, -0.2) is 40.4 Å². The molecule has 1 aliphatic rings. The van der Waals surface area contributed by atoms with Gasteiger partial charge in [-0.25, -0.2) is 0 Å². The minimum Gasteiger partial charge on any atom is -0.496 e. The van der Waals surface area contributed by atoms with Crippen LogP contribution in [0, 0.1) is 13.8 Å². The van der Waals surface area contributed by atoms with Crippen LogP contribution in [-0.2, 0) is 6.54 Å². The summed E-state index contributed by atoms with van der Waals surface area (Å²) in [5.74, 6) is 1.70. The number of anilines is 1. The first-order chi connectivity index (χ1) is 12.5. The molecule has 0 atom stereocenters. The lowest BCUT2D eigenvalue weighted by Gasteiger charge is -2.35. The van der Waals surface area contributed by atoms with Crippen molar-refractivity contribution in [2.45, 2.75) is 20.4 Å². The van der Waals surface area contributed by atoms with E-state index < -0.39 is 0 Å². The molecule has 3 rings (SSSR count). The molecule has 0 bridgehead atoms. The number of methoxy groups -OCH3 is 2. The molecule has 26 heavy (non-hydrogen) atoms. The Hall–Kier alpha value is -1.72. The van der Waals surface area contributed by atoms with Crippen LogP contribution in [0.15, 0.2) is 34.8 Å². The first kappa shape index (κ1) is 19.1. The molecule has 1 heterocycles. The Balaban J connectivity index is 1.67. The van der Waals surface area contributed by atoms with E-state index in [4.69, 9.17) is 9.47 Å². The lowest BCUT2D eigenvalue weighted by atomic mass is 10.1. The Morgan fingerprint density at radius 3 is 2.35 bits per heavy atom. The summed E-state index contributed by atoms with van der Waals surface area (Å²) in [5, 5.41) is 0. The van der Waals surface area contributed by atoms with Gasteiger partial charge in [-0.15, -0.1) is 0 Å². The number of halogens is 1. The quantitative estimate of drug-likeness (QED) is 0.806. The van der Waals surface area contributed by atoms with Gasteiger partial charge in [-0.3, -0.25) is 0 Å². The first-order valence-corrected chi connectivity index (χ1v) is 9.87. The molecule has 2 aromatic rings. The number of rotatable bonds is 5. The van der Waals surface area contributed by atoms with Crippen LogP contribution < -0.4 is 19.3 Å². The van der Waals surface area contributed by atoms with Crippen LogP contribution in [0.1, 0.15) is 16.7 Å². The van der Waals surface area contributed by atoms with Gasteiger partial charge < -0.3 is 19.3 Å². The van der Waals surface area contributed by atoms with E-state index >= 15 is 0 Å². The van der Waals surface area contributed by atoms with Crippen molar-refractivity contribution < 1.29 is 14.4 Å². The first-order valence-electron chi connectivity index (χ1n) is 9.08. The van der Waals surface area contributed by atoms with E-state index in [0.29, 0.717) is 0 Å². The maximum absolute atomic E-state index is 5.58. The molecule has 4 nitrogen and oxygen atoms in total. The number of benzene rings is 2. The summed E-state index contributed by atoms with van der Waals surface area (Å²) in [4.78, 5) is 4.11. The highest BCUT2D eigenvalue weighted by molar-refractivity contribution is 9.10. The molecule has 0 unspecified atom stereocenters. The van der Waals surface area contributed by atoms with Gasteiger partial charge in [-0.2, -0.15) is 0 Å². The summed E-state index contributed by atoms with van der Waals surface area (Å²) in [6.07, 6.45) is 0. The number of hydrogen-bond acceptors (Lipinski definition) is 3. The van der Waals surface area contributed by atoms with E-state index in [1.54, 1.807) is 19.1 Å². The maximum atomic E-state index is 5.58. The third kappa shape index (κ3) is 4.15. The molecule has 0 amide bonds. The van der Waals surface area contributed by atoms with Crippen molar-refractivity contribution in [2.75, 3.05) is 45.3 Å². The van der Waals surface area contributed by atoms with Gasteiger partial charge in [-0.1, -0.05) is 12.1 Å². The number of quaternary nitrogens is 1. The van der Waals surface area contributed by atoms with Crippen molar-refractivity contribution in [2.24, 2.45) is 0 Å². The zero-order valence-electron chi connectivity index (χ0n) is 16.1. The molecule has 1 fully saturated rings. The molecule has 0 aromatic heterocycles. The van der Waals surface area contributed by atoms with E-state index in [9.17, 15) is 0 Å². The molecule has 1 N–H and O–H groups in total. The monoisotopic (exact) mass is 419 g/mol. The molecular weight excluding hydrogens is 392 g/mol. The Kier molecular flexibility index (Phi) is 6.09. The average Bonchev–Trinajstić information content (AvgIpc) is 2.65. The second-order valence-electron chi connectivity index (χ2n) is 7.00. The smallest absolute Gasteiger partial charge is 0.136 e. The minimum atomic E-state index is 0.806. The fraction of sp³-hybridized carbons (Fsp3) is 0.429. The van der Waals surface area contributed by atoms with E-state index in [-0.39, 0.29) is 0 Å². The summed E-state index contributed by atoms with van der Waals surface area (Å²) in [5.41, 5.74) is 5.29. The molecule has 5 heteroatoms. The normalized spacial score (nSPS) is 15.2. The summed E-state index contributed by atoms with van der Waals surface area (Å²) < 4.78 is 11.9. The van der Waals surface area contributed by atoms with Crippen molar-refractivity contribution in [1.29, 1.82) is 0 Å². The van der Waals surface area contributed by atoms with Crippen molar-refractivity contribution in [3.05, 3.63) is 51.5 Å². The third-order valence-electron chi connectivity index (χ3n) is 5.17. The Morgan fingerprint density at radius 1 is 1.00 bits per heavy atom. The van der Waals surface area contributed by atoms with Gasteiger partial charge in [0.25, 0.3) is 0 Å². The molecule has 0 radical (unpaired) electrons. The number of aryl methyl sites for hydroxylation is 2. The van der Waals surface area contributed by atoms with Gasteiger partial charge in [0.2, 0.25) is 0 Å². The fourth-order valence-corrected chi connectivity index (χ4v) is 4.18. The molecular formula is C21H28BrN2O2+. The van der Waals surface area contributed by atoms with Crippen LogP contribution in [0.5, 0.6) is 11.5 Å². The van der Waals surface area contributed by atoms with E-state index in [1.165, 1.54) is 22.4 Å². The molecule has 0 saturated carbocycles. The number of nitrogens with one attached hydrogen (secondary N) is 1. The zero-order chi connectivity index (χ0) is 18.7. The molecule has 0 spiro atoms. The predicted octanol–water partition coefficient (Wildman–Crippen LogP) is 2.99. The molecule has 2 aromatic carbocycles. The highest BCUT2D eigenvalue weighted by atomic mass is 79.9. The summed E-state index contributed by atoms with van der Waals surface area (Å²) in [7, 11) is 3.40. The molecule has 140 valence electrons. The fourth-order valence-electron chi connectivity index (χ4n) is 3.63. The van der Waals surface area contributed by atoms with E-state index in [0.717, 1.165) is 48.7 Å². The maximum Gasteiger partial charge on any atom is 0.136 e. The van der Waals surface area contributed by atoms with Crippen LogP contribution in [0.25, 0.3) is 0 Å². The second-order valence-corrected chi connectivity index (χ2v) is 7.86. The lowest BCUT2D eigenvalue weighted by Crippen LogP contribution is -3.13. The topological polar surface area (TPSA) is 26.1 Å². The van der Waals surface area contributed by atoms with Gasteiger partial charge in [0.05, 0.1) is 44.9 Å². The third-order valence-corrected chi connectivity index (χ3v) is 5.79. The summed E-state index contributed by atoms with van der Waals surface area (Å²) in [6, 6.07) is 10.8. The zero-order valence-corrected chi connectivity index (χ0v) is 17.6. The highest BCUT2D eigenvalue weighted by Gasteiger charge is 2.23. The summed E-state index contributed by atoms with van der Waals surface area (Å²) >= 11 is 3.59. The van der Waals surface area contributed by atoms with Gasteiger partial charge in [0.15, 0.2) is 0 Å². The summed E-state index contributed by atoms with van der Waals surface area (Å²) in [6.45, 7) is 9.75. The van der Waals surface area contributed by atoms with Gasteiger partial charge in [0, 0.05) is 17.3 Å². The average molecular weight is 420 g/mol. The Morgan fingerprint density at radius 2 is 1.69 bits per heavy atom. The van der Waals surface area contributed by atoms with Gasteiger partial charge in [0.1, 0.15) is 18.0 Å². The van der Waals surface area contributed by atoms with Gasteiger partial charge in [-0.05, 0) is 53.0 Å². The van der Waals surface area contributed by atoms with Crippen LogP contribution in [0.4, 0.5) is 5.69 Å². The standard InChI is InChI=1S/C21H27BrN2O2/c1-15-5-6-16(2)19(11-15)24-9-7-23(8-10-24)14-17-12-18(22)21(26-4)13-20(17)25-3/h5-6,11-13H,7-10,14H2,1-4H3/p+1. The number of nitrogens with zero attached hydrogens (tertiary/aromatic N) is 1. The van der Waals surface area contributed by atoms with Gasteiger partial charge >= 0.3 is 0 Å². The van der Waals surface area contributed by atoms with E-state index in [1.807, 2.05) is 6.07 Å². The minimum absolute atomic E-state index is 0.806. The van der Waals surface area contributed by atoms with E-state index in [2.05, 4.69) is 58.9 Å². The molecule has 1 saturated heterocycles. The van der Waals surface area contributed by atoms with Crippen molar-refractivity contribution in [3.8, 4) is 11.5 Å². The van der Waals surface area contributed by atoms with Crippen molar-refractivity contribution >= 4 is 21.6 Å². The molecule has 1 aliphatic heterocycles. The second kappa shape index (κ2) is 8.31. The Bertz CT molecular complexity index is 771. The van der Waals surface area contributed by atoms with Crippen LogP contribution in [0.2, 0.25) is 0 Å².